The van der Waals surface area contributed by atoms with Crippen LogP contribution in [0.1, 0.15) is 33.1 Å². The summed E-state index contributed by atoms with van der Waals surface area (Å²) in [6.07, 6.45) is -14.3. The van der Waals surface area contributed by atoms with Crippen LogP contribution >= 0.6 is 0 Å². The second-order valence-corrected chi connectivity index (χ2v) is 10.00. The molecule has 15 heteroatoms. The molecule has 2 aliphatic heterocycles. The second-order valence-electron chi connectivity index (χ2n) is 10.00. The van der Waals surface area contributed by atoms with E-state index in [-0.39, 0.29) is 31.8 Å². The van der Waals surface area contributed by atoms with Crippen LogP contribution < -0.4 is 10.6 Å². The Morgan fingerprint density at radius 3 is 2.39 bits per heavy atom. The molecule has 204 valence electrons. The topological polar surface area (TPSA) is 125 Å². The van der Waals surface area contributed by atoms with Gasteiger partial charge in [-0.15, -0.1) is 13.2 Å². The van der Waals surface area contributed by atoms with Gasteiger partial charge in [0.15, 0.2) is 5.78 Å². The Morgan fingerprint density at radius 2 is 1.86 bits per heavy atom. The molecule has 0 bridgehead atoms. The summed E-state index contributed by atoms with van der Waals surface area (Å²) in [6.45, 7) is 2.29. The van der Waals surface area contributed by atoms with Gasteiger partial charge in [0.05, 0.1) is 12.5 Å². The molecular weight excluding hydrogens is 504 g/mol. The SMILES string of the molecule is CC1(C)[C@@H]2[C@@H](C(=O)NC(C[C@@H]3CCNC3=O)C(=O)COC(F)(F)F)N(C(=O)C(O)CC(F)(F)F)C[C@@H]21. The fourth-order valence-electron chi connectivity index (χ4n) is 5.25. The summed E-state index contributed by atoms with van der Waals surface area (Å²) < 4.78 is 79.0. The number of ketones is 1. The standard InChI is InChI=1S/C21H27F6N3O6/c1-19(2)10-7-30(18(35)12(31)6-20(22,23)24)15(14(10)19)17(34)29-11(5-9-3-4-28-16(9)33)13(32)8-36-21(25,26)27/h9-12,14-15,31H,3-8H2,1-2H3,(H,28,33)(H,29,34)/t9-,10-,11?,12?,14-,15-/m0/s1. The van der Waals surface area contributed by atoms with Crippen molar-refractivity contribution in [2.24, 2.45) is 23.2 Å². The maximum atomic E-state index is 13.2. The van der Waals surface area contributed by atoms with Crippen molar-refractivity contribution in [2.75, 3.05) is 19.7 Å². The van der Waals surface area contributed by atoms with E-state index >= 15 is 0 Å². The molecule has 1 aliphatic carbocycles. The van der Waals surface area contributed by atoms with E-state index in [1.54, 1.807) is 13.8 Å². The first-order valence-electron chi connectivity index (χ1n) is 11.3. The average Bonchev–Trinajstić information content (AvgIpc) is 3.09. The predicted molar refractivity (Wildman–Crippen MR) is 108 cm³/mol. The van der Waals surface area contributed by atoms with Gasteiger partial charge in [0.25, 0.3) is 5.91 Å². The number of nitrogens with one attached hydrogen (secondary N) is 2. The largest absolute Gasteiger partial charge is 0.522 e. The van der Waals surface area contributed by atoms with Crippen LogP contribution in [0.15, 0.2) is 0 Å². The molecule has 3 N–H and O–H groups in total. The highest BCUT2D eigenvalue weighted by Crippen LogP contribution is 2.65. The first-order chi connectivity index (χ1) is 16.4. The monoisotopic (exact) mass is 531 g/mol. The molecule has 3 rings (SSSR count). The number of rotatable bonds is 9. The number of hydrogen-bond donors (Lipinski definition) is 3. The Kier molecular flexibility index (Phi) is 7.66. The first kappa shape index (κ1) is 28.2. The minimum absolute atomic E-state index is 0.107. The number of Topliss-reactive ketones (excluding diaryl/α,β-unsaturated/α-hetero) is 1. The van der Waals surface area contributed by atoms with Gasteiger partial charge in [0.2, 0.25) is 11.8 Å². The van der Waals surface area contributed by atoms with Gasteiger partial charge in [-0.2, -0.15) is 13.2 Å². The number of piperidine rings is 1. The molecule has 0 aromatic heterocycles. The van der Waals surface area contributed by atoms with Crippen molar-refractivity contribution < 1.29 is 55.4 Å². The second kappa shape index (κ2) is 9.80. The number of alkyl halides is 6. The summed E-state index contributed by atoms with van der Waals surface area (Å²) in [7, 11) is 0. The minimum Gasteiger partial charge on any atom is -0.383 e. The Balaban J connectivity index is 1.78. The minimum atomic E-state index is -5.12. The zero-order valence-electron chi connectivity index (χ0n) is 19.4. The fourth-order valence-corrected chi connectivity index (χ4v) is 5.25. The molecule has 2 unspecified atom stereocenters. The van der Waals surface area contributed by atoms with Crippen molar-refractivity contribution in [2.45, 2.75) is 63.8 Å². The number of likely N-dealkylation sites (tertiary alicyclic amines) is 1. The molecule has 0 aromatic rings. The zero-order valence-corrected chi connectivity index (χ0v) is 19.4. The summed E-state index contributed by atoms with van der Waals surface area (Å²) in [5.74, 6) is -5.44. The van der Waals surface area contributed by atoms with Crippen LogP contribution in [-0.4, -0.2) is 83.9 Å². The number of carbonyl (C=O) groups excluding carboxylic acids is 4. The van der Waals surface area contributed by atoms with Crippen molar-refractivity contribution in [3.05, 3.63) is 0 Å². The summed E-state index contributed by atoms with van der Waals surface area (Å²) >= 11 is 0. The van der Waals surface area contributed by atoms with Crippen LogP contribution in [-0.2, 0) is 23.9 Å². The van der Waals surface area contributed by atoms with Crippen molar-refractivity contribution in [1.29, 1.82) is 0 Å². The van der Waals surface area contributed by atoms with Crippen LogP contribution in [0.5, 0.6) is 0 Å². The lowest BCUT2D eigenvalue weighted by Gasteiger charge is -2.33. The van der Waals surface area contributed by atoms with E-state index in [9.17, 15) is 50.6 Å². The Morgan fingerprint density at radius 1 is 1.22 bits per heavy atom. The summed E-state index contributed by atoms with van der Waals surface area (Å²) in [4.78, 5) is 51.1. The van der Waals surface area contributed by atoms with Gasteiger partial charge in [-0.1, -0.05) is 13.8 Å². The Bertz CT molecular complexity index is 908. The number of halogens is 6. The third-order valence-electron chi connectivity index (χ3n) is 7.24. The molecule has 6 atom stereocenters. The summed E-state index contributed by atoms with van der Waals surface area (Å²) in [5.41, 5.74) is -0.474. The van der Waals surface area contributed by atoms with Crippen molar-refractivity contribution in [3.8, 4) is 0 Å². The van der Waals surface area contributed by atoms with Gasteiger partial charge in [-0.05, 0) is 30.1 Å². The molecule has 0 radical (unpaired) electrons. The van der Waals surface area contributed by atoms with Crippen molar-refractivity contribution in [3.63, 3.8) is 0 Å². The van der Waals surface area contributed by atoms with Gasteiger partial charge in [-0.3, -0.25) is 23.9 Å². The lowest BCUT2D eigenvalue weighted by Crippen LogP contribution is -2.56. The van der Waals surface area contributed by atoms with Crippen LogP contribution in [0.4, 0.5) is 26.3 Å². The highest BCUT2D eigenvalue weighted by atomic mass is 19.4. The number of nitrogens with zero attached hydrogens (tertiary/aromatic N) is 1. The molecule has 0 spiro atoms. The van der Waals surface area contributed by atoms with Crippen molar-refractivity contribution >= 4 is 23.5 Å². The quantitative estimate of drug-likeness (QED) is 0.380. The molecule has 36 heavy (non-hydrogen) atoms. The molecular formula is C21H27F6N3O6. The Hall–Kier alpha value is -2.42. The molecule has 2 saturated heterocycles. The third-order valence-corrected chi connectivity index (χ3v) is 7.24. The maximum Gasteiger partial charge on any atom is 0.522 e. The van der Waals surface area contributed by atoms with Crippen LogP contribution in [0.25, 0.3) is 0 Å². The first-order valence-corrected chi connectivity index (χ1v) is 11.3. The maximum absolute atomic E-state index is 13.2. The molecule has 9 nitrogen and oxygen atoms in total. The van der Waals surface area contributed by atoms with E-state index in [1.807, 2.05) is 0 Å². The van der Waals surface area contributed by atoms with Crippen LogP contribution in [0.2, 0.25) is 0 Å². The van der Waals surface area contributed by atoms with Gasteiger partial charge >= 0.3 is 12.5 Å². The normalized spacial score (nSPS) is 28.8. The number of ether oxygens (including phenoxy) is 1. The van der Waals surface area contributed by atoms with Gasteiger partial charge in [-0.25, -0.2) is 0 Å². The molecule has 3 aliphatic rings. The predicted octanol–water partition coefficient (Wildman–Crippen LogP) is 0.899. The van der Waals surface area contributed by atoms with Gasteiger partial charge < -0.3 is 20.6 Å². The zero-order chi connectivity index (χ0) is 27.2. The molecule has 2 heterocycles. The number of aliphatic hydroxyl groups is 1. The average molecular weight is 531 g/mol. The summed E-state index contributed by atoms with van der Waals surface area (Å²) in [5, 5.41) is 14.6. The highest BCUT2D eigenvalue weighted by molar-refractivity contribution is 5.95. The highest BCUT2D eigenvalue weighted by Gasteiger charge is 2.69. The van der Waals surface area contributed by atoms with Gasteiger partial charge in [0.1, 0.15) is 18.8 Å². The van der Waals surface area contributed by atoms with Crippen LogP contribution in [0.3, 0.4) is 0 Å². The number of fused-ring (bicyclic) bond motifs is 1. The summed E-state index contributed by atoms with van der Waals surface area (Å²) in [6, 6.07) is -2.93. The number of hydrogen-bond acceptors (Lipinski definition) is 6. The lowest BCUT2D eigenvalue weighted by molar-refractivity contribution is -0.321. The molecule has 1 saturated carbocycles. The van der Waals surface area contributed by atoms with Gasteiger partial charge in [0, 0.05) is 19.0 Å². The van der Waals surface area contributed by atoms with E-state index in [2.05, 4.69) is 15.4 Å². The van der Waals surface area contributed by atoms with E-state index in [1.165, 1.54) is 0 Å². The third kappa shape index (κ3) is 6.28. The molecule has 3 amide bonds. The fraction of sp³-hybridized carbons (Fsp3) is 0.810. The van der Waals surface area contributed by atoms with E-state index in [4.69, 9.17) is 0 Å². The van der Waals surface area contributed by atoms with Crippen LogP contribution in [0, 0.1) is 23.2 Å². The van der Waals surface area contributed by atoms with E-state index in [0.717, 1.165) is 4.90 Å². The van der Waals surface area contributed by atoms with Crippen molar-refractivity contribution in [1.82, 2.24) is 15.5 Å². The number of amides is 3. The number of carbonyl (C=O) groups is 4. The van der Waals surface area contributed by atoms with E-state index < -0.39 is 84.5 Å². The Labute approximate surface area is 201 Å². The number of aliphatic hydroxyl groups excluding tert-OH is 1. The smallest absolute Gasteiger partial charge is 0.383 e. The van der Waals surface area contributed by atoms with E-state index in [0.29, 0.717) is 0 Å². The molecule has 0 aromatic carbocycles. The lowest BCUT2D eigenvalue weighted by atomic mass is 9.94. The molecule has 3 fully saturated rings.